The SMILES string of the molecule is COc1cc(C(=O)N2CC[C@@H]3OCCN[C@@H]3C2)cc2nc(-c3cc4cccnc4n3CC3CC3)n(C)c12. The van der Waals surface area contributed by atoms with E-state index in [9.17, 15) is 4.79 Å². The molecule has 1 aliphatic carbocycles. The standard InChI is InChI=1S/C28H32N6O3/c1-32-25-20(31-27(32)22-13-18-4-3-8-30-26(18)34(22)15-17-5-6-17)12-19(14-24(25)36-2)28(35)33-10-7-23-21(16-33)29-9-11-37-23/h3-4,8,12-14,17,21,23,29H,5-7,9-11,15-16H2,1-2H3/t21-,23+/m1/s1. The Hall–Kier alpha value is -3.43. The molecule has 1 N–H and O–H groups in total. The van der Waals surface area contributed by atoms with E-state index in [2.05, 4.69) is 31.6 Å². The van der Waals surface area contributed by atoms with Gasteiger partial charge in [0.05, 0.1) is 37.1 Å². The number of rotatable bonds is 5. The first-order valence-corrected chi connectivity index (χ1v) is 13.2. The van der Waals surface area contributed by atoms with E-state index in [1.54, 1.807) is 7.11 Å². The van der Waals surface area contributed by atoms with Crippen molar-refractivity contribution in [1.82, 2.24) is 29.3 Å². The van der Waals surface area contributed by atoms with Gasteiger partial charge in [-0.25, -0.2) is 9.97 Å². The number of amides is 1. The minimum atomic E-state index is 0.00488. The van der Waals surface area contributed by atoms with Gasteiger partial charge in [0.25, 0.3) is 5.91 Å². The molecule has 1 aromatic carbocycles. The van der Waals surface area contributed by atoms with Crippen LogP contribution in [0, 0.1) is 5.92 Å². The lowest BCUT2D eigenvalue weighted by Gasteiger charge is -2.41. The largest absolute Gasteiger partial charge is 0.494 e. The molecule has 3 fully saturated rings. The van der Waals surface area contributed by atoms with Crippen LogP contribution in [0.25, 0.3) is 33.6 Å². The first-order chi connectivity index (χ1) is 18.1. The Morgan fingerprint density at radius 3 is 2.97 bits per heavy atom. The third kappa shape index (κ3) is 3.88. The summed E-state index contributed by atoms with van der Waals surface area (Å²) >= 11 is 0. The molecule has 2 saturated heterocycles. The van der Waals surface area contributed by atoms with Gasteiger partial charge in [0, 0.05) is 50.4 Å². The highest BCUT2D eigenvalue weighted by molar-refractivity contribution is 6.00. The second-order valence-corrected chi connectivity index (χ2v) is 10.6. The van der Waals surface area contributed by atoms with Crippen LogP contribution >= 0.6 is 0 Å². The number of piperidine rings is 1. The van der Waals surface area contributed by atoms with Gasteiger partial charge in [0.15, 0.2) is 5.82 Å². The molecular weight excluding hydrogens is 468 g/mol. The number of benzene rings is 1. The normalized spacial score (nSPS) is 21.9. The summed E-state index contributed by atoms with van der Waals surface area (Å²) in [5, 5.41) is 4.61. The van der Waals surface area contributed by atoms with E-state index in [-0.39, 0.29) is 18.1 Å². The molecule has 0 unspecified atom stereocenters. The monoisotopic (exact) mass is 500 g/mol. The molecule has 192 valence electrons. The summed E-state index contributed by atoms with van der Waals surface area (Å²) in [6.07, 6.45) is 5.39. The maximum absolute atomic E-state index is 13.6. The Balaban J connectivity index is 1.28. The molecule has 0 bridgehead atoms. The number of fused-ring (bicyclic) bond motifs is 3. The van der Waals surface area contributed by atoms with Gasteiger partial charge >= 0.3 is 0 Å². The number of methoxy groups -OCH3 is 1. The maximum Gasteiger partial charge on any atom is 0.254 e. The Morgan fingerprint density at radius 2 is 2.14 bits per heavy atom. The van der Waals surface area contributed by atoms with Crippen LogP contribution in [0.2, 0.25) is 0 Å². The number of morpholine rings is 1. The first-order valence-electron chi connectivity index (χ1n) is 13.2. The number of nitrogens with zero attached hydrogens (tertiary/aromatic N) is 5. The minimum Gasteiger partial charge on any atom is -0.494 e. The fourth-order valence-corrected chi connectivity index (χ4v) is 5.98. The predicted molar refractivity (Wildman–Crippen MR) is 141 cm³/mol. The first kappa shape index (κ1) is 22.7. The van der Waals surface area contributed by atoms with Gasteiger partial charge in [0.2, 0.25) is 0 Å². The highest BCUT2D eigenvalue weighted by Crippen LogP contribution is 2.37. The summed E-state index contributed by atoms with van der Waals surface area (Å²) in [4.78, 5) is 25.3. The molecule has 4 aromatic rings. The Morgan fingerprint density at radius 1 is 1.24 bits per heavy atom. The Kier molecular flexibility index (Phi) is 5.44. The number of pyridine rings is 1. The third-order valence-corrected chi connectivity index (χ3v) is 8.10. The average molecular weight is 501 g/mol. The predicted octanol–water partition coefficient (Wildman–Crippen LogP) is 3.21. The average Bonchev–Trinajstić information content (AvgIpc) is 3.60. The lowest BCUT2D eigenvalue weighted by Crippen LogP contribution is -2.59. The van der Waals surface area contributed by atoms with Gasteiger partial charge in [-0.05, 0) is 55.5 Å². The molecule has 5 heterocycles. The van der Waals surface area contributed by atoms with E-state index in [0.29, 0.717) is 30.3 Å². The summed E-state index contributed by atoms with van der Waals surface area (Å²) in [5.74, 6) is 2.20. The van der Waals surface area contributed by atoms with Crippen LogP contribution in [0.1, 0.15) is 29.6 Å². The van der Waals surface area contributed by atoms with E-state index in [4.69, 9.17) is 14.5 Å². The van der Waals surface area contributed by atoms with E-state index >= 15 is 0 Å². The molecule has 3 aliphatic rings. The number of aromatic nitrogens is 4. The highest BCUT2D eigenvalue weighted by Gasteiger charge is 2.34. The molecule has 0 spiro atoms. The number of carbonyl (C=O) groups is 1. The molecule has 1 saturated carbocycles. The van der Waals surface area contributed by atoms with Crippen molar-refractivity contribution in [3.8, 4) is 17.3 Å². The third-order valence-electron chi connectivity index (χ3n) is 8.10. The number of likely N-dealkylation sites (tertiary alicyclic amines) is 1. The number of imidazole rings is 1. The fourth-order valence-electron chi connectivity index (χ4n) is 5.98. The van der Waals surface area contributed by atoms with Crippen molar-refractivity contribution in [3.05, 3.63) is 42.1 Å². The van der Waals surface area contributed by atoms with Gasteiger partial charge in [-0.3, -0.25) is 4.79 Å². The number of carbonyl (C=O) groups excluding carboxylic acids is 1. The molecule has 0 radical (unpaired) electrons. The zero-order valence-electron chi connectivity index (χ0n) is 21.3. The van der Waals surface area contributed by atoms with E-state index in [1.165, 1.54) is 12.8 Å². The summed E-state index contributed by atoms with van der Waals surface area (Å²) in [6.45, 7) is 3.83. The Labute approximate surface area is 215 Å². The lowest BCUT2D eigenvalue weighted by atomic mass is 9.99. The number of nitrogens with one attached hydrogen (secondary N) is 1. The van der Waals surface area contributed by atoms with Crippen molar-refractivity contribution in [1.29, 1.82) is 0 Å². The van der Waals surface area contributed by atoms with Crippen LogP contribution in [-0.4, -0.2) is 75.4 Å². The number of ether oxygens (including phenoxy) is 2. The summed E-state index contributed by atoms with van der Waals surface area (Å²) in [6, 6.07) is 10.2. The van der Waals surface area contributed by atoms with Gasteiger partial charge in [-0.15, -0.1) is 0 Å². The maximum atomic E-state index is 13.6. The van der Waals surface area contributed by atoms with E-state index < -0.39 is 0 Å². The smallest absolute Gasteiger partial charge is 0.254 e. The molecular formula is C28H32N6O3. The van der Waals surface area contributed by atoms with Crippen molar-refractivity contribution in [2.75, 3.05) is 33.4 Å². The number of aryl methyl sites for hydroxylation is 1. The molecule has 3 aromatic heterocycles. The minimum absolute atomic E-state index is 0.00488. The lowest BCUT2D eigenvalue weighted by molar-refractivity contribution is -0.0383. The topological polar surface area (TPSA) is 86.4 Å². The van der Waals surface area contributed by atoms with Crippen molar-refractivity contribution < 1.29 is 14.3 Å². The van der Waals surface area contributed by atoms with Gasteiger partial charge in [-0.1, -0.05) is 0 Å². The second-order valence-electron chi connectivity index (χ2n) is 10.6. The van der Waals surface area contributed by atoms with Crippen molar-refractivity contribution >= 4 is 28.0 Å². The fraction of sp³-hybridized carbons (Fsp3) is 0.464. The summed E-state index contributed by atoms with van der Waals surface area (Å²) in [5.41, 5.74) is 4.27. The van der Waals surface area contributed by atoms with Crippen LogP contribution in [0.15, 0.2) is 36.5 Å². The Bertz CT molecular complexity index is 1500. The van der Waals surface area contributed by atoms with Gasteiger partial charge < -0.3 is 28.8 Å². The molecule has 9 nitrogen and oxygen atoms in total. The van der Waals surface area contributed by atoms with Gasteiger partial charge in [-0.2, -0.15) is 0 Å². The van der Waals surface area contributed by atoms with Crippen LogP contribution < -0.4 is 10.1 Å². The van der Waals surface area contributed by atoms with Crippen molar-refractivity contribution in [2.45, 2.75) is 38.0 Å². The van der Waals surface area contributed by atoms with Crippen LogP contribution in [0.4, 0.5) is 0 Å². The molecule has 2 aliphatic heterocycles. The zero-order valence-corrected chi connectivity index (χ0v) is 21.3. The summed E-state index contributed by atoms with van der Waals surface area (Å²) in [7, 11) is 3.67. The van der Waals surface area contributed by atoms with E-state index in [1.807, 2.05) is 36.3 Å². The van der Waals surface area contributed by atoms with Crippen LogP contribution in [0.5, 0.6) is 5.75 Å². The molecule has 37 heavy (non-hydrogen) atoms. The second kappa shape index (κ2) is 8.85. The highest BCUT2D eigenvalue weighted by atomic mass is 16.5. The quantitative estimate of drug-likeness (QED) is 0.453. The molecule has 9 heteroatoms. The number of hydrogen-bond donors (Lipinski definition) is 1. The van der Waals surface area contributed by atoms with Crippen molar-refractivity contribution in [3.63, 3.8) is 0 Å². The molecule has 1 amide bonds. The van der Waals surface area contributed by atoms with Crippen molar-refractivity contribution in [2.24, 2.45) is 13.0 Å². The van der Waals surface area contributed by atoms with Crippen LogP contribution in [-0.2, 0) is 18.3 Å². The summed E-state index contributed by atoms with van der Waals surface area (Å²) < 4.78 is 16.1. The molecule has 2 atom stereocenters. The van der Waals surface area contributed by atoms with E-state index in [0.717, 1.165) is 59.7 Å². The molecule has 7 rings (SSSR count). The van der Waals surface area contributed by atoms with Crippen LogP contribution in [0.3, 0.4) is 0 Å². The number of hydrogen-bond acceptors (Lipinski definition) is 6. The van der Waals surface area contributed by atoms with Gasteiger partial charge in [0.1, 0.15) is 16.9 Å². The zero-order chi connectivity index (χ0) is 25.1.